The van der Waals surface area contributed by atoms with E-state index in [1.165, 1.54) is 10.8 Å². The normalized spacial score (nSPS) is 22.1. The number of hydrogen-bond acceptors (Lipinski definition) is 5. The van der Waals surface area contributed by atoms with Crippen molar-refractivity contribution >= 4 is 11.7 Å². The molecular formula is C14H22N4O4. The number of methoxy groups -OCH3 is 1. The van der Waals surface area contributed by atoms with Crippen LogP contribution >= 0.6 is 0 Å². The van der Waals surface area contributed by atoms with Gasteiger partial charge in [0.25, 0.3) is 0 Å². The summed E-state index contributed by atoms with van der Waals surface area (Å²) in [5, 5.41) is 13.7. The van der Waals surface area contributed by atoms with E-state index in [4.69, 9.17) is 4.74 Å². The molecule has 0 radical (unpaired) electrons. The molecule has 1 amide bonds. The molecule has 0 bridgehead atoms. The van der Waals surface area contributed by atoms with Gasteiger partial charge in [-0.3, -0.25) is 9.36 Å². The Morgan fingerprint density at radius 2 is 2.23 bits per heavy atom. The van der Waals surface area contributed by atoms with Gasteiger partial charge in [-0.1, -0.05) is 19.3 Å². The van der Waals surface area contributed by atoms with Crippen molar-refractivity contribution in [3.63, 3.8) is 0 Å². The van der Waals surface area contributed by atoms with Crippen molar-refractivity contribution in [1.82, 2.24) is 14.9 Å². The maximum atomic E-state index is 12.2. The van der Waals surface area contributed by atoms with Gasteiger partial charge in [0.05, 0.1) is 12.1 Å². The van der Waals surface area contributed by atoms with E-state index in [1.54, 1.807) is 14.0 Å². The zero-order valence-electron chi connectivity index (χ0n) is 12.9. The van der Waals surface area contributed by atoms with E-state index in [-0.39, 0.29) is 30.4 Å². The molecule has 1 heterocycles. The number of nitrogens with zero attached hydrogens (tertiary/aromatic N) is 3. The first-order valence-corrected chi connectivity index (χ1v) is 7.51. The van der Waals surface area contributed by atoms with Gasteiger partial charge in [-0.25, -0.2) is 0 Å². The highest BCUT2D eigenvalue weighted by atomic mass is 16.6. The SMILES string of the molecule is CO[C@H]1CCCCC[C@@H]1NC(=O)Cn1cc([N+](=O)[O-])nc1C. The van der Waals surface area contributed by atoms with E-state index in [0.717, 1.165) is 32.1 Å². The van der Waals surface area contributed by atoms with E-state index in [2.05, 4.69) is 10.3 Å². The molecule has 1 aromatic rings. The molecule has 1 fully saturated rings. The number of nitro groups is 1. The molecule has 2 rings (SSSR count). The molecule has 0 aromatic carbocycles. The first kappa shape index (κ1) is 16.4. The van der Waals surface area contributed by atoms with Crippen LogP contribution in [0.15, 0.2) is 6.20 Å². The van der Waals surface area contributed by atoms with Crippen molar-refractivity contribution in [2.45, 2.75) is 57.7 Å². The van der Waals surface area contributed by atoms with Crippen molar-refractivity contribution in [3.8, 4) is 0 Å². The number of carbonyl (C=O) groups excluding carboxylic acids is 1. The number of hydrogen-bond donors (Lipinski definition) is 1. The summed E-state index contributed by atoms with van der Waals surface area (Å²) in [6.45, 7) is 1.67. The van der Waals surface area contributed by atoms with Crippen LogP contribution in [0.3, 0.4) is 0 Å². The maximum Gasteiger partial charge on any atom is 0.381 e. The standard InChI is InChI=1S/C14H22N4O4/c1-10-15-13(18(20)21)8-17(10)9-14(19)16-11-6-4-3-5-7-12(11)22-2/h8,11-12H,3-7,9H2,1-2H3,(H,16,19)/t11-,12-/m0/s1. The van der Waals surface area contributed by atoms with E-state index in [1.807, 2.05) is 0 Å². The lowest BCUT2D eigenvalue weighted by Crippen LogP contribution is -2.44. The Morgan fingerprint density at radius 3 is 2.86 bits per heavy atom. The average molecular weight is 310 g/mol. The molecule has 1 saturated carbocycles. The van der Waals surface area contributed by atoms with Crippen LogP contribution in [0, 0.1) is 17.0 Å². The summed E-state index contributed by atoms with van der Waals surface area (Å²) in [5.74, 6) is 0.0323. The number of ether oxygens (including phenoxy) is 1. The molecule has 2 atom stereocenters. The molecule has 1 aromatic heterocycles. The summed E-state index contributed by atoms with van der Waals surface area (Å²) < 4.78 is 6.96. The van der Waals surface area contributed by atoms with Gasteiger partial charge < -0.3 is 20.2 Å². The number of amides is 1. The van der Waals surface area contributed by atoms with Crippen molar-refractivity contribution < 1.29 is 14.5 Å². The van der Waals surface area contributed by atoms with E-state index >= 15 is 0 Å². The van der Waals surface area contributed by atoms with Crippen LogP contribution in [0.4, 0.5) is 5.82 Å². The zero-order valence-corrected chi connectivity index (χ0v) is 12.9. The van der Waals surface area contributed by atoms with Crippen molar-refractivity contribution in [3.05, 3.63) is 22.1 Å². The molecule has 0 unspecified atom stereocenters. The quantitative estimate of drug-likeness (QED) is 0.505. The van der Waals surface area contributed by atoms with Crippen LogP contribution in [-0.2, 0) is 16.1 Å². The number of carbonyl (C=O) groups is 1. The molecule has 0 spiro atoms. The van der Waals surface area contributed by atoms with Crippen LogP contribution in [0.5, 0.6) is 0 Å². The van der Waals surface area contributed by atoms with Crippen LogP contribution in [-0.4, -0.2) is 39.6 Å². The second kappa shape index (κ2) is 7.35. The van der Waals surface area contributed by atoms with E-state index in [9.17, 15) is 14.9 Å². The minimum atomic E-state index is -0.562. The molecule has 0 aliphatic heterocycles. The van der Waals surface area contributed by atoms with Crippen molar-refractivity contribution in [2.75, 3.05) is 7.11 Å². The fourth-order valence-corrected chi connectivity index (χ4v) is 2.87. The minimum Gasteiger partial charge on any atom is -0.379 e. The highest BCUT2D eigenvalue weighted by molar-refractivity contribution is 5.76. The Bertz CT molecular complexity index is 543. The highest BCUT2D eigenvalue weighted by Gasteiger charge is 2.25. The number of aryl methyl sites for hydroxylation is 1. The number of rotatable bonds is 5. The largest absolute Gasteiger partial charge is 0.381 e. The molecule has 1 aliphatic carbocycles. The monoisotopic (exact) mass is 310 g/mol. The summed E-state index contributed by atoms with van der Waals surface area (Å²) in [5.41, 5.74) is 0. The Kier molecular flexibility index (Phi) is 5.48. The first-order valence-electron chi connectivity index (χ1n) is 7.51. The molecule has 1 aliphatic rings. The molecule has 8 heteroatoms. The fraction of sp³-hybridized carbons (Fsp3) is 0.714. The molecule has 122 valence electrons. The lowest BCUT2D eigenvalue weighted by atomic mass is 10.1. The van der Waals surface area contributed by atoms with E-state index < -0.39 is 4.92 Å². The highest BCUT2D eigenvalue weighted by Crippen LogP contribution is 2.20. The second-order valence-corrected chi connectivity index (χ2v) is 5.62. The Balaban J connectivity index is 1.98. The Labute approximate surface area is 129 Å². The van der Waals surface area contributed by atoms with Crippen LogP contribution in [0.2, 0.25) is 0 Å². The van der Waals surface area contributed by atoms with Crippen molar-refractivity contribution in [2.24, 2.45) is 0 Å². The molecule has 1 N–H and O–H groups in total. The van der Waals surface area contributed by atoms with E-state index in [0.29, 0.717) is 5.82 Å². The lowest BCUT2D eigenvalue weighted by molar-refractivity contribution is -0.389. The van der Waals surface area contributed by atoms with Gasteiger partial charge >= 0.3 is 5.82 Å². The third-order valence-electron chi connectivity index (χ3n) is 4.07. The summed E-state index contributed by atoms with van der Waals surface area (Å²) in [7, 11) is 1.67. The third-order valence-corrected chi connectivity index (χ3v) is 4.07. The maximum absolute atomic E-state index is 12.2. The van der Waals surface area contributed by atoms with Gasteiger partial charge in [0, 0.05) is 14.0 Å². The number of imidazole rings is 1. The zero-order chi connectivity index (χ0) is 16.1. The van der Waals surface area contributed by atoms with Gasteiger partial charge in [-0.05, 0) is 22.7 Å². The van der Waals surface area contributed by atoms with Crippen LogP contribution < -0.4 is 5.32 Å². The van der Waals surface area contributed by atoms with Crippen LogP contribution in [0.25, 0.3) is 0 Å². The van der Waals surface area contributed by atoms with Gasteiger partial charge in [0.1, 0.15) is 12.7 Å². The van der Waals surface area contributed by atoms with Gasteiger partial charge in [0.2, 0.25) is 11.7 Å². The second-order valence-electron chi connectivity index (χ2n) is 5.62. The fourth-order valence-electron chi connectivity index (χ4n) is 2.87. The topological polar surface area (TPSA) is 99.3 Å². The summed E-state index contributed by atoms with van der Waals surface area (Å²) in [6.07, 6.45) is 6.49. The molecule has 8 nitrogen and oxygen atoms in total. The summed E-state index contributed by atoms with van der Waals surface area (Å²) >= 11 is 0. The molecular weight excluding hydrogens is 288 g/mol. The van der Waals surface area contributed by atoms with Gasteiger partial charge in [0.15, 0.2) is 0 Å². The average Bonchev–Trinajstić information content (AvgIpc) is 2.70. The minimum absolute atomic E-state index is 0.00110. The lowest BCUT2D eigenvalue weighted by Gasteiger charge is -2.25. The molecule has 0 saturated heterocycles. The number of aromatic nitrogens is 2. The Morgan fingerprint density at radius 1 is 1.50 bits per heavy atom. The Hall–Kier alpha value is -1.96. The predicted octanol–water partition coefficient (Wildman–Crippen LogP) is 1.56. The first-order chi connectivity index (χ1) is 10.5. The smallest absolute Gasteiger partial charge is 0.379 e. The summed E-state index contributed by atoms with van der Waals surface area (Å²) in [6, 6.07) is -0.00110. The predicted molar refractivity (Wildman–Crippen MR) is 79.4 cm³/mol. The third kappa shape index (κ3) is 4.03. The number of nitrogens with one attached hydrogen (secondary N) is 1. The van der Waals surface area contributed by atoms with Crippen molar-refractivity contribution in [1.29, 1.82) is 0 Å². The molecule has 22 heavy (non-hydrogen) atoms. The van der Waals surface area contributed by atoms with Crippen LogP contribution in [0.1, 0.15) is 37.9 Å². The van der Waals surface area contributed by atoms with Gasteiger partial charge in [-0.15, -0.1) is 0 Å². The summed E-state index contributed by atoms with van der Waals surface area (Å²) in [4.78, 5) is 26.2. The van der Waals surface area contributed by atoms with Gasteiger partial charge in [-0.2, -0.15) is 0 Å².